The zero-order valence-electron chi connectivity index (χ0n) is 12.6. The Balaban J connectivity index is 2.60. The molecular formula is C16H27NO2. The summed E-state index contributed by atoms with van der Waals surface area (Å²) in [6, 6.07) is 8.80. The van der Waals surface area contributed by atoms with E-state index in [-0.39, 0.29) is 6.10 Å². The number of benzene rings is 1. The third kappa shape index (κ3) is 6.19. The van der Waals surface area contributed by atoms with Crippen molar-refractivity contribution in [1.82, 2.24) is 5.32 Å². The summed E-state index contributed by atoms with van der Waals surface area (Å²) in [6.07, 6.45) is 1.30. The van der Waals surface area contributed by atoms with Crippen LogP contribution < -0.4 is 5.32 Å². The number of aryl methyl sites for hydroxylation is 1. The average molecular weight is 265 g/mol. The predicted molar refractivity (Wildman–Crippen MR) is 79.8 cm³/mol. The normalized spacial score (nSPS) is 14.3. The number of nitrogens with one attached hydrogen (secondary N) is 1. The molecule has 19 heavy (non-hydrogen) atoms. The first-order valence-corrected chi connectivity index (χ1v) is 6.96. The summed E-state index contributed by atoms with van der Waals surface area (Å²) in [5, 5.41) is 3.45. The summed E-state index contributed by atoms with van der Waals surface area (Å²) in [6.45, 7) is 6.84. The molecule has 2 unspecified atom stereocenters. The Morgan fingerprint density at radius 3 is 2.42 bits per heavy atom. The number of rotatable bonds is 9. The van der Waals surface area contributed by atoms with Gasteiger partial charge in [0.25, 0.3) is 0 Å². The second-order valence-electron chi connectivity index (χ2n) is 5.09. The standard InChI is InChI=1S/C16H27NO2/c1-13-5-7-15(8-6-13)16(11-14(2)19-4)12-17-9-10-18-3/h5-8,14,16-17H,9-12H2,1-4H3. The lowest BCUT2D eigenvalue weighted by Gasteiger charge is -2.21. The highest BCUT2D eigenvalue weighted by atomic mass is 16.5. The van der Waals surface area contributed by atoms with Gasteiger partial charge in [0.2, 0.25) is 0 Å². The Labute approximate surface area is 117 Å². The summed E-state index contributed by atoms with van der Waals surface area (Å²) in [4.78, 5) is 0. The van der Waals surface area contributed by atoms with Crippen molar-refractivity contribution < 1.29 is 9.47 Å². The van der Waals surface area contributed by atoms with Gasteiger partial charge in [-0.25, -0.2) is 0 Å². The van der Waals surface area contributed by atoms with Gasteiger partial charge in [0, 0.05) is 27.3 Å². The lowest BCUT2D eigenvalue weighted by molar-refractivity contribution is 0.103. The van der Waals surface area contributed by atoms with Gasteiger partial charge >= 0.3 is 0 Å². The molecule has 1 aromatic rings. The van der Waals surface area contributed by atoms with Gasteiger partial charge in [-0.15, -0.1) is 0 Å². The second-order valence-corrected chi connectivity index (χ2v) is 5.09. The predicted octanol–water partition coefficient (Wildman–Crippen LogP) is 2.74. The monoisotopic (exact) mass is 265 g/mol. The highest BCUT2D eigenvalue weighted by Gasteiger charge is 2.14. The zero-order chi connectivity index (χ0) is 14.1. The van der Waals surface area contributed by atoms with Gasteiger partial charge in [0.15, 0.2) is 0 Å². The molecule has 0 radical (unpaired) electrons. The van der Waals surface area contributed by atoms with Gasteiger partial charge in [0.1, 0.15) is 0 Å². The Morgan fingerprint density at radius 2 is 1.84 bits per heavy atom. The van der Waals surface area contributed by atoms with Gasteiger partial charge in [-0.2, -0.15) is 0 Å². The van der Waals surface area contributed by atoms with Gasteiger partial charge < -0.3 is 14.8 Å². The van der Waals surface area contributed by atoms with Crippen LogP contribution in [-0.2, 0) is 9.47 Å². The summed E-state index contributed by atoms with van der Waals surface area (Å²) in [5.74, 6) is 0.479. The molecule has 0 aliphatic rings. The lowest BCUT2D eigenvalue weighted by Crippen LogP contribution is -2.27. The minimum Gasteiger partial charge on any atom is -0.383 e. The molecule has 0 saturated heterocycles. The van der Waals surface area contributed by atoms with E-state index in [1.807, 2.05) is 0 Å². The van der Waals surface area contributed by atoms with Crippen LogP contribution in [0.1, 0.15) is 30.4 Å². The van der Waals surface area contributed by atoms with Crippen LogP contribution in [0.3, 0.4) is 0 Å². The topological polar surface area (TPSA) is 30.5 Å². The van der Waals surface area contributed by atoms with E-state index >= 15 is 0 Å². The van der Waals surface area contributed by atoms with Crippen molar-refractivity contribution in [2.75, 3.05) is 33.9 Å². The van der Waals surface area contributed by atoms with Crippen molar-refractivity contribution in [3.63, 3.8) is 0 Å². The van der Waals surface area contributed by atoms with Crippen molar-refractivity contribution in [2.24, 2.45) is 0 Å². The molecule has 0 spiro atoms. The van der Waals surface area contributed by atoms with Crippen LogP contribution in [0.2, 0.25) is 0 Å². The number of methoxy groups -OCH3 is 2. The SMILES string of the molecule is COCCNCC(CC(C)OC)c1ccc(C)cc1. The smallest absolute Gasteiger partial charge is 0.0587 e. The van der Waals surface area contributed by atoms with E-state index in [1.165, 1.54) is 11.1 Å². The molecule has 0 aliphatic heterocycles. The maximum atomic E-state index is 5.40. The minimum atomic E-state index is 0.274. The fraction of sp³-hybridized carbons (Fsp3) is 0.625. The van der Waals surface area contributed by atoms with Gasteiger partial charge in [-0.05, 0) is 31.7 Å². The molecule has 0 saturated carbocycles. The Kier molecular flexibility index (Phi) is 7.72. The van der Waals surface area contributed by atoms with E-state index in [4.69, 9.17) is 9.47 Å². The van der Waals surface area contributed by atoms with Crippen LogP contribution in [0.25, 0.3) is 0 Å². The molecule has 2 atom stereocenters. The number of hydrogen-bond donors (Lipinski definition) is 1. The van der Waals surface area contributed by atoms with Crippen LogP contribution >= 0.6 is 0 Å². The van der Waals surface area contributed by atoms with Crippen molar-refractivity contribution in [2.45, 2.75) is 32.3 Å². The first-order valence-electron chi connectivity index (χ1n) is 6.96. The summed E-state index contributed by atoms with van der Waals surface area (Å²) in [5.41, 5.74) is 2.68. The maximum absolute atomic E-state index is 5.40. The molecule has 0 amide bonds. The molecule has 1 N–H and O–H groups in total. The molecular weight excluding hydrogens is 238 g/mol. The van der Waals surface area contributed by atoms with Gasteiger partial charge in [0.05, 0.1) is 12.7 Å². The molecule has 108 valence electrons. The van der Waals surface area contributed by atoms with Crippen molar-refractivity contribution in [3.8, 4) is 0 Å². The van der Waals surface area contributed by atoms with E-state index in [0.29, 0.717) is 5.92 Å². The Morgan fingerprint density at radius 1 is 1.16 bits per heavy atom. The second kappa shape index (κ2) is 9.08. The molecule has 3 heteroatoms. The van der Waals surface area contributed by atoms with E-state index in [2.05, 4.69) is 43.4 Å². The van der Waals surface area contributed by atoms with Crippen LogP contribution in [0.5, 0.6) is 0 Å². The number of hydrogen-bond acceptors (Lipinski definition) is 3. The molecule has 0 heterocycles. The fourth-order valence-electron chi connectivity index (χ4n) is 2.12. The van der Waals surface area contributed by atoms with Gasteiger partial charge in [-0.3, -0.25) is 0 Å². The first-order chi connectivity index (χ1) is 9.17. The molecule has 0 bridgehead atoms. The number of ether oxygens (including phenoxy) is 2. The summed E-state index contributed by atoms with van der Waals surface area (Å²) in [7, 11) is 3.50. The van der Waals surface area contributed by atoms with Gasteiger partial charge in [-0.1, -0.05) is 29.8 Å². The van der Waals surface area contributed by atoms with Crippen LogP contribution in [0, 0.1) is 6.92 Å². The minimum absolute atomic E-state index is 0.274. The molecule has 0 aliphatic carbocycles. The Hall–Kier alpha value is -0.900. The maximum Gasteiger partial charge on any atom is 0.0587 e. The van der Waals surface area contributed by atoms with E-state index in [9.17, 15) is 0 Å². The fourth-order valence-corrected chi connectivity index (χ4v) is 2.12. The van der Waals surface area contributed by atoms with E-state index < -0.39 is 0 Å². The van der Waals surface area contributed by atoms with E-state index in [0.717, 1.165) is 26.1 Å². The molecule has 3 nitrogen and oxygen atoms in total. The summed E-state index contributed by atoms with van der Waals surface area (Å²) >= 11 is 0. The highest BCUT2D eigenvalue weighted by molar-refractivity contribution is 5.25. The molecule has 1 aromatic carbocycles. The Bertz CT molecular complexity index is 337. The van der Waals surface area contributed by atoms with Crippen molar-refractivity contribution in [1.29, 1.82) is 0 Å². The lowest BCUT2D eigenvalue weighted by atomic mass is 9.92. The van der Waals surface area contributed by atoms with Crippen LogP contribution in [-0.4, -0.2) is 40.0 Å². The van der Waals surface area contributed by atoms with E-state index in [1.54, 1.807) is 14.2 Å². The third-order valence-electron chi connectivity index (χ3n) is 3.44. The van der Waals surface area contributed by atoms with Crippen molar-refractivity contribution in [3.05, 3.63) is 35.4 Å². The summed E-state index contributed by atoms with van der Waals surface area (Å²) < 4.78 is 10.5. The largest absolute Gasteiger partial charge is 0.383 e. The third-order valence-corrected chi connectivity index (χ3v) is 3.44. The van der Waals surface area contributed by atoms with Crippen LogP contribution in [0.15, 0.2) is 24.3 Å². The zero-order valence-corrected chi connectivity index (χ0v) is 12.6. The average Bonchev–Trinajstić information content (AvgIpc) is 2.43. The molecule has 0 aromatic heterocycles. The highest BCUT2D eigenvalue weighted by Crippen LogP contribution is 2.22. The molecule has 0 fully saturated rings. The van der Waals surface area contributed by atoms with Crippen LogP contribution in [0.4, 0.5) is 0 Å². The quantitative estimate of drug-likeness (QED) is 0.696. The van der Waals surface area contributed by atoms with Crippen molar-refractivity contribution >= 4 is 0 Å². The molecule has 1 rings (SSSR count). The first kappa shape index (κ1) is 16.2.